The molecule has 1 saturated heterocycles. The van der Waals surface area contributed by atoms with E-state index in [9.17, 15) is 4.79 Å². The summed E-state index contributed by atoms with van der Waals surface area (Å²) in [6.45, 7) is 4.59. The third kappa shape index (κ3) is 2.27. The zero-order valence-electron chi connectivity index (χ0n) is 9.82. The van der Waals surface area contributed by atoms with E-state index in [-0.39, 0.29) is 5.43 Å². The Labute approximate surface area is 95.2 Å². The van der Waals surface area contributed by atoms with Crippen LogP contribution in [0.15, 0.2) is 17.1 Å². The fraction of sp³-hybridized carbons (Fsp3) is 0.583. The van der Waals surface area contributed by atoms with Gasteiger partial charge in [0.25, 0.3) is 0 Å². The average Bonchev–Trinajstić information content (AvgIpc) is 2.77. The van der Waals surface area contributed by atoms with Gasteiger partial charge in [-0.15, -0.1) is 0 Å². The number of aromatic nitrogens is 1. The summed E-state index contributed by atoms with van der Waals surface area (Å²) in [4.78, 5) is 11.6. The summed E-state index contributed by atoms with van der Waals surface area (Å²) in [6, 6.07) is 1.55. The Morgan fingerprint density at radius 1 is 1.62 bits per heavy atom. The normalized spacial score (nSPS) is 20.0. The van der Waals surface area contributed by atoms with Crippen LogP contribution in [-0.2, 0) is 7.05 Å². The van der Waals surface area contributed by atoms with E-state index in [1.807, 2.05) is 18.5 Å². The molecule has 1 aliphatic rings. The third-order valence-electron chi connectivity index (χ3n) is 3.16. The summed E-state index contributed by atoms with van der Waals surface area (Å²) in [7, 11) is 1.92. The van der Waals surface area contributed by atoms with Crippen LogP contribution in [0.2, 0.25) is 0 Å². The van der Waals surface area contributed by atoms with Gasteiger partial charge in [0.15, 0.2) is 5.75 Å². The van der Waals surface area contributed by atoms with Crippen LogP contribution in [0, 0.1) is 12.8 Å². The van der Waals surface area contributed by atoms with Gasteiger partial charge in [0, 0.05) is 31.8 Å². The molecule has 0 bridgehead atoms. The van der Waals surface area contributed by atoms with Gasteiger partial charge in [-0.25, -0.2) is 0 Å². The van der Waals surface area contributed by atoms with Gasteiger partial charge in [-0.1, -0.05) is 0 Å². The van der Waals surface area contributed by atoms with E-state index in [0.717, 1.165) is 25.2 Å². The molecule has 1 atom stereocenters. The quantitative estimate of drug-likeness (QED) is 0.818. The van der Waals surface area contributed by atoms with Crippen molar-refractivity contribution in [2.75, 3.05) is 19.7 Å². The zero-order chi connectivity index (χ0) is 11.5. The second kappa shape index (κ2) is 4.70. The molecule has 1 unspecified atom stereocenters. The molecule has 4 nitrogen and oxygen atoms in total. The molecular weight excluding hydrogens is 204 g/mol. The highest BCUT2D eigenvalue weighted by Gasteiger charge is 2.16. The lowest BCUT2D eigenvalue weighted by Crippen LogP contribution is -2.20. The lowest BCUT2D eigenvalue weighted by molar-refractivity contribution is 0.254. The fourth-order valence-corrected chi connectivity index (χ4v) is 1.94. The average molecular weight is 222 g/mol. The molecule has 1 N–H and O–H groups in total. The molecule has 1 aliphatic heterocycles. The van der Waals surface area contributed by atoms with Crippen molar-refractivity contribution in [3.05, 3.63) is 28.2 Å². The third-order valence-corrected chi connectivity index (χ3v) is 3.16. The molecule has 4 heteroatoms. The molecule has 2 rings (SSSR count). The summed E-state index contributed by atoms with van der Waals surface area (Å²) in [5.41, 5.74) is 0.861. The minimum atomic E-state index is -0.0263. The summed E-state index contributed by atoms with van der Waals surface area (Å²) in [5.74, 6) is 1.03. The predicted octanol–water partition coefficient (Wildman–Crippen LogP) is 0.682. The second-order valence-electron chi connectivity index (χ2n) is 4.38. The van der Waals surface area contributed by atoms with E-state index < -0.39 is 0 Å². The maximum absolute atomic E-state index is 11.6. The maximum atomic E-state index is 11.6. The smallest absolute Gasteiger partial charge is 0.223 e. The van der Waals surface area contributed by atoms with Crippen LogP contribution < -0.4 is 15.5 Å². The number of aryl methyl sites for hydroxylation is 1. The zero-order valence-corrected chi connectivity index (χ0v) is 9.82. The molecule has 1 aromatic rings. The Hall–Kier alpha value is -1.29. The molecule has 0 aliphatic carbocycles. The van der Waals surface area contributed by atoms with Crippen molar-refractivity contribution in [1.29, 1.82) is 0 Å². The summed E-state index contributed by atoms with van der Waals surface area (Å²) in [5, 5.41) is 3.29. The Bertz CT molecular complexity index is 420. The highest BCUT2D eigenvalue weighted by Crippen LogP contribution is 2.14. The van der Waals surface area contributed by atoms with Crippen LogP contribution in [-0.4, -0.2) is 24.3 Å². The summed E-state index contributed by atoms with van der Waals surface area (Å²) < 4.78 is 7.57. The number of pyridine rings is 1. The van der Waals surface area contributed by atoms with Gasteiger partial charge in [-0.05, 0) is 19.9 Å². The molecule has 16 heavy (non-hydrogen) atoms. The first-order chi connectivity index (χ1) is 7.68. The van der Waals surface area contributed by atoms with E-state index in [4.69, 9.17) is 4.74 Å². The van der Waals surface area contributed by atoms with Crippen LogP contribution in [0.3, 0.4) is 0 Å². The molecule has 1 aromatic heterocycles. The minimum absolute atomic E-state index is 0.0263. The van der Waals surface area contributed by atoms with Gasteiger partial charge in [0.1, 0.15) is 0 Å². The number of hydrogen-bond acceptors (Lipinski definition) is 3. The van der Waals surface area contributed by atoms with Gasteiger partial charge in [0.05, 0.1) is 12.3 Å². The van der Waals surface area contributed by atoms with Crippen molar-refractivity contribution in [1.82, 2.24) is 9.88 Å². The van der Waals surface area contributed by atoms with E-state index >= 15 is 0 Å². The predicted molar refractivity (Wildman–Crippen MR) is 62.9 cm³/mol. The van der Waals surface area contributed by atoms with Gasteiger partial charge in [-0.2, -0.15) is 0 Å². The Kier molecular flexibility index (Phi) is 3.29. The van der Waals surface area contributed by atoms with Crippen LogP contribution in [0.5, 0.6) is 5.75 Å². The van der Waals surface area contributed by atoms with Gasteiger partial charge >= 0.3 is 0 Å². The molecular formula is C12H18N2O2. The van der Waals surface area contributed by atoms with Gasteiger partial charge in [0.2, 0.25) is 5.43 Å². The number of hydrogen-bond donors (Lipinski definition) is 1. The molecule has 0 spiro atoms. The highest BCUT2D eigenvalue weighted by molar-refractivity contribution is 5.26. The monoisotopic (exact) mass is 222 g/mol. The van der Waals surface area contributed by atoms with Crippen molar-refractivity contribution in [2.45, 2.75) is 13.3 Å². The summed E-state index contributed by atoms with van der Waals surface area (Å²) >= 11 is 0. The van der Waals surface area contributed by atoms with E-state index in [1.165, 1.54) is 0 Å². The Morgan fingerprint density at radius 2 is 2.44 bits per heavy atom. The molecule has 0 saturated carbocycles. The number of ether oxygens (including phenoxy) is 1. The summed E-state index contributed by atoms with van der Waals surface area (Å²) in [6.07, 6.45) is 2.90. The molecule has 0 aromatic carbocycles. The van der Waals surface area contributed by atoms with Crippen LogP contribution in [0.4, 0.5) is 0 Å². The minimum Gasteiger partial charge on any atom is -0.487 e. The standard InChI is InChI=1S/C12H18N2O2/c1-9-12(11(15)4-6-14(9)2)16-8-10-3-5-13-7-10/h4,6,10,13H,3,5,7-8H2,1-2H3. The molecule has 0 radical (unpaired) electrons. The number of nitrogens with zero attached hydrogens (tertiary/aromatic N) is 1. The van der Waals surface area contributed by atoms with Crippen molar-refractivity contribution in [2.24, 2.45) is 13.0 Å². The first-order valence-electron chi connectivity index (χ1n) is 5.68. The molecule has 0 amide bonds. The van der Waals surface area contributed by atoms with Crippen LogP contribution >= 0.6 is 0 Å². The lowest BCUT2D eigenvalue weighted by Gasteiger charge is -2.13. The molecule has 88 valence electrons. The topological polar surface area (TPSA) is 43.3 Å². The van der Waals surface area contributed by atoms with E-state index in [1.54, 1.807) is 12.3 Å². The first-order valence-corrected chi connectivity index (χ1v) is 5.68. The Balaban J connectivity index is 2.08. The van der Waals surface area contributed by atoms with Crippen molar-refractivity contribution >= 4 is 0 Å². The molecule has 2 heterocycles. The van der Waals surface area contributed by atoms with Gasteiger partial charge in [-0.3, -0.25) is 4.79 Å². The van der Waals surface area contributed by atoms with Crippen LogP contribution in [0.25, 0.3) is 0 Å². The van der Waals surface area contributed by atoms with Crippen molar-refractivity contribution < 1.29 is 4.74 Å². The van der Waals surface area contributed by atoms with Gasteiger partial charge < -0.3 is 14.6 Å². The Morgan fingerprint density at radius 3 is 3.12 bits per heavy atom. The molecule has 1 fully saturated rings. The van der Waals surface area contributed by atoms with Crippen LogP contribution in [0.1, 0.15) is 12.1 Å². The number of rotatable bonds is 3. The highest BCUT2D eigenvalue weighted by atomic mass is 16.5. The van der Waals surface area contributed by atoms with E-state index in [2.05, 4.69) is 5.32 Å². The largest absolute Gasteiger partial charge is 0.487 e. The fourth-order valence-electron chi connectivity index (χ4n) is 1.94. The first kappa shape index (κ1) is 11.2. The second-order valence-corrected chi connectivity index (χ2v) is 4.38. The van der Waals surface area contributed by atoms with Crippen molar-refractivity contribution in [3.63, 3.8) is 0 Å². The van der Waals surface area contributed by atoms with Crippen molar-refractivity contribution in [3.8, 4) is 5.75 Å². The van der Waals surface area contributed by atoms with E-state index in [0.29, 0.717) is 18.3 Å². The lowest BCUT2D eigenvalue weighted by atomic mass is 10.1. The maximum Gasteiger partial charge on any atom is 0.223 e. The SMILES string of the molecule is Cc1c(OCC2CCNC2)c(=O)ccn1C. The number of nitrogens with one attached hydrogen (secondary N) is 1.